The summed E-state index contributed by atoms with van der Waals surface area (Å²) in [5.41, 5.74) is 7.18. The van der Waals surface area contributed by atoms with Gasteiger partial charge in [0.15, 0.2) is 0 Å². The van der Waals surface area contributed by atoms with Gasteiger partial charge in [-0.25, -0.2) is 4.79 Å². The molecule has 1 heterocycles. The Kier molecular flexibility index (Phi) is 4.75. The van der Waals surface area contributed by atoms with E-state index in [-0.39, 0.29) is 11.5 Å². The topological polar surface area (TPSA) is 85.3 Å². The lowest BCUT2D eigenvalue weighted by atomic mass is 10.0. The number of anilines is 1. The molecule has 21 heavy (non-hydrogen) atoms. The molecule has 0 saturated heterocycles. The van der Waals surface area contributed by atoms with Gasteiger partial charge in [-0.05, 0) is 37.5 Å². The molecule has 2 rings (SSSR count). The normalized spacial score (nSPS) is 12.3. The van der Waals surface area contributed by atoms with Gasteiger partial charge in [-0.2, -0.15) is 0 Å². The fraction of sp³-hybridized carbons (Fsp3) is 0.375. The van der Waals surface area contributed by atoms with Crippen LogP contribution in [0.1, 0.15) is 32.3 Å². The molecule has 1 aromatic heterocycles. The van der Waals surface area contributed by atoms with Gasteiger partial charge in [0, 0.05) is 23.2 Å². The van der Waals surface area contributed by atoms with Crippen LogP contribution in [0.25, 0.3) is 11.0 Å². The Labute approximate surface area is 123 Å². The van der Waals surface area contributed by atoms with Crippen molar-refractivity contribution < 1.29 is 9.21 Å². The number of unbranched alkanes of at least 4 members (excludes halogenated alkanes) is 1. The molecule has 1 amide bonds. The Morgan fingerprint density at radius 3 is 2.81 bits per heavy atom. The Balaban J connectivity index is 2.39. The number of amides is 1. The van der Waals surface area contributed by atoms with Gasteiger partial charge in [0.25, 0.3) is 0 Å². The van der Waals surface area contributed by atoms with Crippen molar-refractivity contribution in [2.75, 3.05) is 5.32 Å². The number of rotatable bonds is 5. The second-order valence-corrected chi connectivity index (χ2v) is 5.18. The van der Waals surface area contributed by atoms with E-state index in [2.05, 4.69) is 12.2 Å². The molecule has 0 unspecified atom stereocenters. The summed E-state index contributed by atoms with van der Waals surface area (Å²) in [5, 5.41) is 3.59. The molecule has 112 valence electrons. The van der Waals surface area contributed by atoms with E-state index in [1.54, 1.807) is 19.1 Å². The second-order valence-electron chi connectivity index (χ2n) is 5.18. The van der Waals surface area contributed by atoms with E-state index in [1.165, 1.54) is 6.07 Å². The van der Waals surface area contributed by atoms with Crippen LogP contribution in [0.5, 0.6) is 0 Å². The Hall–Kier alpha value is -2.14. The summed E-state index contributed by atoms with van der Waals surface area (Å²) in [6.45, 7) is 3.72. The highest BCUT2D eigenvalue weighted by Crippen LogP contribution is 2.22. The van der Waals surface area contributed by atoms with Crippen molar-refractivity contribution in [2.24, 2.45) is 5.73 Å². The third kappa shape index (κ3) is 3.70. The number of nitrogens with one attached hydrogen (secondary N) is 1. The lowest BCUT2D eigenvalue weighted by molar-refractivity contribution is -0.117. The van der Waals surface area contributed by atoms with E-state index in [1.807, 2.05) is 6.07 Å². The third-order valence-corrected chi connectivity index (χ3v) is 3.31. The fourth-order valence-corrected chi connectivity index (χ4v) is 2.14. The van der Waals surface area contributed by atoms with Crippen molar-refractivity contribution in [2.45, 2.75) is 39.2 Å². The van der Waals surface area contributed by atoms with Crippen LogP contribution in [0.15, 0.2) is 33.5 Å². The average molecular weight is 288 g/mol. The highest BCUT2D eigenvalue weighted by Gasteiger charge is 2.10. The highest BCUT2D eigenvalue weighted by molar-refractivity contribution is 5.96. The number of carbonyl (C=O) groups excluding carboxylic acids is 1. The maximum absolute atomic E-state index is 11.6. The first-order valence-electron chi connectivity index (χ1n) is 7.14. The number of fused-ring (bicyclic) bond motifs is 1. The molecule has 0 aliphatic rings. The monoisotopic (exact) mass is 288 g/mol. The number of carbonyl (C=O) groups is 1. The van der Waals surface area contributed by atoms with E-state index in [9.17, 15) is 9.59 Å². The fourth-order valence-electron chi connectivity index (χ4n) is 2.14. The predicted molar refractivity (Wildman–Crippen MR) is 83.4 cm³/mol. The minimum Gasteiger partial charge on any atom is -0.423 e. The van der Waals surface area contributed by atoms with Crippen LogP contribution < -0.4 is 16.7 Å². The van der Waals surface area contributed by atoms with Gasteiger partial charge >= 0.3 is 5.63 Å². The summed E-state index contributed by atoms with van der Waals surface area (Å²) >= 11 is 0. The van der Waals surface area contributed by atoms with Crippen molar-refractivity contribution in [3.8, 4) is 0 Å². The molecule has 5 nitrogen and oxygen atoms in total. The quantitative estimate of drug-likeness (QED) is 0.827. The molecule has 1 aromatic carbocycles. The Bertz CT molecular complexity index is 704. The van der Waals surface area contributed by atoms with Crippen molar-refractivity contribution in [3.63, 3.8) is 0 Å². The Morgan fingerprint density at radius 1 is 1.38 bits per heavy atom. The van der Waals surface area contributed by atoms with Crippen molar-refractivity contribution in [1.29, 1.82) is 0 Å². The lowest BCUT2D eigenvalue weighted by Gasteiger charge is -2.09. The molecule has 0 saturated carbocycles. The zero-order valence-electron chi connectivity index (χ0n) is 12.3. The largest absolute Gasteiger partial charge is 0.423 e. The van der Waals surface area contributed by atoms with Gasteiger partial charge in [0.1, 0.15) is 5.58 Å². The van der Waals surface area contributed by atoms with Gasteiger partial charge in [-0.3, -0.25) is 4.79 Å². The standard InChI is InChI=1S/C16H20N2O3/c1-3-4-5-11-8-15(19)21-14-9-12(6-7-13(11)14)18-16(20)10(2)17/h6-10H,3-5,17H2,1-2H3,(H,18,20)/t10-/m0/s1. The summed E-state index contributed by atoms with van der Waals surface area (Å²) in [5.74, 6) is -0.279. The van der Waals surface area contributed by atoms with Crippen LogP contribution in [0, 0.1) is 0 Å². The molecule has 1 atom stereocenters. The molecule has 0 fully saturated rings. The van der Waals surface area contributed by atoms with Crippen LogP contribution >= 0.6 is 0 Å². The number of aryl methyl sites for hydroxylation is 1. The summed E-state index contributed by atoms with van der Waals surface area (Å²) < 4.78 is 5.23. The molecule has 5 heteroatoms. The van der Waals surface area contributed by atoms with Gasteiger partial charge in [-0.1, -0.05) is 13.3 Å². The van der Waals surface area contributed by atoms with Crippen molar-refractivity contribution in [3.05, 3.63) is 40.2 Å². The molecular weight excluding hydrogens is 268 g/mol. The zero-order valence-corrected chi connectivity index (χ0v) is 12.3. The SMILES string of the molecule is CCCCc1cc(=O)oc2cc(NC(=O)[C@H](C)N)ccc12. The third-order valence-electron chi connectivity index (χ3n) is 3.31. The molecule has 0 spiro atoms. The minimum absolute atomic E-state index is 0.279. The van der Waals surface area contributed by atoms with Gasteiger partial charge in [0.05, 0.1) is 6.04 Å². The second kappa shape index (κ2) is 6.54. The van der Waals surface area contributed by atoms with Gasteiger partial charge < -0.3 is 15.5 Å². The lowest BCUT2D eigenvalue weighted by Crippen LogP contribution is -2.32. The van der Waals surface area contributed by atoms with Crippen LogP contribution in [-0.2, 0) is 11.2 Å². The summed E-state index contributed by atoms with van der Waals surface area (Å²) in [7, 11) is 0. The molecule has 0 bridgehead atoms. The van der Waals surface area contributed by atoms with E-state index in [0.29, 0.717) is 11.3 Å². The first kappa shape index (κ1) is 15.3. The van der Waals surface area contributed by atoms with Gasteiger partial charge in [0.2, 0.25) is 5.91 Å². The van der Waals surface area contributed by atoms with Gasteiger partial charge in [-0.15, -0.1) is 0 Å². The molecule has 2 aromatic rings. The van der Waals surface area contributed by atoms with E-state index in [0.717, 1.165) is 30.2 Å². The Morgan fingerprint density at radius 2 is 2.14 bits per heavy atom. The van der Waals surface area contributed by atoms with E-state index < -0.39 is 6.04 Å². The average Bonchev–Trinajstić information content (AvgIpc) is 2.44. The maximum atomic E-state index is 11.6. The summed E-state index contributed by atoms with van der Waals surface area (Å²) in [4.78, 5) is 23.2. The maximum Gasteiger partial charge on any atom is 0.336 e. The van der Waals surface area contributed by atoms with Crippen LogP contribution in [-0.4, -0.2) is 11.9 Å². The smallest absolute Gasteiger partial charge is 0.336 e. The molecule has 3 N–H and O–H groups in total. The first-order chi connectivity index (χ1) is 10.0. The summed E-state index contributed by atoms with van der Waals surface area (Å²) in [6.07, 6.45) is 2.91. The molecular formula is C16H20N2O3. The zero-order chi connectivity index (χ0) is 15.4. The molecule has 0 aliphatic carbocycles. The number of hydrogen-bond donors (Lipinski definition) is 2. The van der Waals surface area contributed by atoms with Crippen LogP contribution in [0.2, 0.25) is 0 Å². The minimum atomic E-state index is -0.594. The van der Waals surface area contributed by atoms with E-state index >= 15 is 0 Å². The molecule has 0 aliphatic heterocycles. The summed E-state index contributed by atoms with van der Waals surface area (Å²) in [6, 6.07) is 6.26. The van der Waals surface area contributed by atoms with Crippen LogP contribution in [0.3, 0.4) is 0 Å². The highest BCUT2D eigenvalue weighted by atomic mass is 16.4. The number of nitrogens with two attached hydrogens (primary N) is 1. The number of benzene rings is 1. The predicted octanol–water partition coefficient (Wildman–Crippen LogP) is 2.42. The molecule has 0 radical (unpaired) electrons. The van der Waals surface area contributed by atoms with E-state index in [4.69, 9.17) is 10.2 Å². The van der Waals surface area contributed by atoms with Crippen molar-refractivity contribution in [1.82, 2.24) is 0 Å². The number of hydrogen-bond acceptors (Lipinski definition) is 4. The van der Waals surface area contributed by atoms with Crippen LogP contribution in [0.4, 0.5) is 5.69 Å². The first-order valence-corrected chi connectivity index (χ1v) is 7.14. The van der Waals surface area contributed by atoms with Crippen molar-refractivity contribution >= 4 is 22.6 Å².